The SMILES string of the molecule is CCCC(C)c1cnc(CCCNC(C)(C)C)o1. The topological polar surface area (TPSA) is 38.1 Å². The van der Waals surface area contributed by atoms with E-state index in [2.05, 4.69) is 44.9 Å². The number of oxazole rings is 1. The molecule has 0 bridgehead atoms. The van der Waals surface area contributed by atoms with Gasteiger partial charge in [-0.25, -0.2) is 4.98 Å². The summed E-state index contributed by atoms with van der Waals surface area (Å²) in [6.07, 6.45) is 6.24. The molecule has 1 aromatic rings. The van der Waals surface area contributed by atoms with Crippen molar-refractivity contribution in [2.75, 3.05) is 6.54 Å². The third-order valence-corrected chi connectivity index (χ3v) is 3.00. The van der Waals surface area contributed by atoms with Crippen molar-refractivity contribution in [3.63, 3.8) is 0 Å². The molecule has 0 aliphatic rings. The lowest BCUT2D eigenvalue weighted by Gasteiger charge is -2.20. The number of aromatic nitrogens is 1. The second-order valence-electron chi connectivity index (χ2n) is 6.13. The van der Waals surface area contributed by atoms with Crippen LogP contribution in [-0.4, -0.2) is 17.1 Å². The summed E-state index contributed by atoms with van der Waals surface area (Å²) >= 11 is 0. The second kappa shape index (κ2) is 6.93. The monoisotopic (exact) mass is 252 g/mol. The Labute approximate surface area is 111 Å². The Kier molecular flexibility index (Phi) is 5.86. The van der Waals surface area contributed by atoms with Gasteiger partial charge in [-0.15, -0.1) is 0 Å². The van der Waals surface area contributed by atoms with Crippen LogP contribution < -0.4 is 5.32 Å². The summed E-state index contributed by atoms with van der Waals surface area (Å²) in [6, 6.07) is 0. The Morgan fingerprint density at radius 2 is 2.11 bits per heavy atom. The van der Waals surface area contributed by atoms with Crippen LogP contribution in [0.5, 0.6) is 0 Å². The van der Waals surface area contributed by atoms with Crippen molar-refractivity contribution in [1.82, 2.24) is 10.3 Å². The van der Waals surface area contributed by atoms with E-state index < -0.39 is 0 Å². The van der Waals surface area contributed by atoms with E-state index in [1.165, 1.54) is 12.8 Å². The van der Waals surface area contributed by atoms with Crippen LogP contribution in [0, 0.1) is 0 Å². The fraction of sp³-hybridized carbons (Fsp3) is 0.800. The minimum atomic E-state index is 0.192. The molecule has 1 rings (SSSR count). The molecule has 18 heavy (non-hydrogen) atoms. The molecule has 0 saturated carbocycles. The van der Waals surface area contributed by atoms with E-state index in [1.54, 1.807) is 0 Å². The Morgan fingerprint density at radius 1 is 1.39 bits per heavy atom. The Bertz CT molecular complexity index is 339. The van der Waals surface area contributed by atoms with E-state index in [4.69, 9.17) is 4.42 Å². The first-order chi connectivity index (χ1) is 8.42. The number of hydrogen-bond donors (Lipinski definition) is 1. The number of nitrogens with one attached hydrogen (secondary N) is 1. The maximum Gasteiger partial charge on any atom is 0.194 e. The summed E-state index contributed by atoms with van der Waals surface area (Å²) in [5.41, 5.74) is 0.192. The van der Waals surface area contributed by atoms with Crippen LogP contribution in [0.3, 0.4) is 0 Å². The molecular weight excluding hydrogens is 224 g/mol. The van der Waals surface area contributed by atoms with Gasteiger partial charge in [0.25, 0.3) is 0 Å². The van der Waals surface area contributed by atoms with Crippen molar-refractivity contribution >= 4 is 0 Å². The second-order valence-corrected chi connectivity index (χ2v) is 6.13. The minimum absolute atomic E-state index is 0.192. The van der Waals surface area contributed by atoms with Crippen molar-refractivity contribution in [2.24, 2.45) is 0 Å². The first-order valence-corrected chi connectivity index (χ1v) is 7.12. The lowest BCUT2D eigenvalue weighted by Crippen LogP contribution is -2.36. The molecule has 104 valence electrons. The molecule has 0 amide bonds. The molecule has 0 radical (unpaired) electrons. The van der Waals surface area contributed by atoms with Crippen molar-refractivity contribution in [3.05, 3.63) is 17.8 Å². The van der Waals surface area contributed by atoms with Gasteiger partial charge in [-0.2, -0.15) is 0 Å². The molecule has 0 saturated heterocycles. The van der Waals surface area contributed by atoms with Gasteiger partial charge in [0, 0.05) is 17.9 Å². The zero-order valence-corrected chi connectivity index (χ0v) is 12.5. The van der Waals surface area contributed by atoms with E-state index in [1.807, 2.05) is 6.20 Å². The van der Waals surface area contributed by atoms with Gasteiger partial charge in [0.15, 0.2) is 5.89 Å². The van der Waals surface area contributed by atoms with E-state index >= 15 is 0 Å². The van der Waals surface area contributed by atoms with Gasteiger partial charge < -0.3 is 9.73 Å². The van der Waals surface area contributed by atoms with Crippen LogP contribution in [-0.2, 0) is 6.42 Å². The number of nitrogens with zero attached hydrogens (tertiary/aromatic N) is 1. The van der Waals surface area contributed by atoms with E-state index in [9.17, 15) is 0 Å². The van der Waals surface area contributed by atoms with Gasteiger partial charge in [-0.05, 0) is 40.2 Å². The number of hydrogen-bond acceptors (Lipinski definition) is 3. The smallest absolute Gasteiger partial charge is 0.194 e. The highest BCUT2D eigenvalue weighted by Gasteiger charge is 2.11. The fourth-order valence-electron chi connectivity index (χ4n) is 1.95. The average Bonchev–Trinajstić information content (AvgIpc) is 2.72. The van der Waals surface area contributed by atoms with Crippen LogP contribution >= 0.6 is 0 Å². The standard InChI is InChI=1S/C15H28N2O/c1-6-8-12(2)13-11-16-14(18-13)9-7-10-17-15(3,4)5/h11-12,17H,6-10H2,1-5H3. The number of aryl methyl sites for hydroxylation is 1. The molecule has 1 atom stereocenters. The van der Waals surface area contributed by atoms with Crippen LogP contribution in [0.15, 0.2) is 10.6 Å². The molecule has 3 nitrogen and oxygen atoms in total. The van der Waals surface area contributed by atoms with Crippen LogP contribution in [0.1, 0.15) is 71.5 Å². The van der Waals surface area contributed by atoms with Gasteiger partial charge in [0.05, 0.1) is 6.20 Å². The zero-order chi connectivity index (χ0) is 13.6. The molecule has 3 heteroatoms. The largest absolute Gasteiger partial charge is 0.445 e. The van der Waals surface area contributed by atoms with Crippen molar-refractivity contribution in [1.29, 1.82) is 0 Å². The lowest BCUT2D eigenvalue weighted by molar-refractivity contribution is 0.396. The summed E-state index contributed by atoms with van der Waals surface area (Å²) < 4.78 is 5.79. The minimum Gasteiger partial charge on any atom is -0.445 e. The van der Waals surface area contributed by atoms with E-state index in [0.29, 0.717) is 5.92 Å². The molecule has 1 heterocycles. The summed E-state index contributed by atoms with van der Waals surface area (Å²) in [5.74, 6) is 2.41. The van der Waals surface area contributed by atoms with Crippen molar-refractivity contribution in [2.45, 2.75) is 71.8 Å². The maximum absolute atomic E-state index is 5.79. The molecule has 0 spiro atoms. The van der Waals surface area contributed by atoms with Crippen molar-refractivity contribution < 1.29 is 4.42 Å². The average molecular weight is 252 g/mol. The first-order valence-electron chi connectivity index (χ1n) is 7.12. The third-order valence-electron chi connectivity index (χ3n) is 3.00. The van der Waals surface area contributed by atoms with Crippen LogP contribution in [0.2, 0.25) is 0 Å². The van der Waals surface area contributed by atoms with Gasteiger partial charge in [0.2, 0.25) is 0 Å². The van der Waals surface area contributed by atoms with Gasteiger partial charge in [-0.1, -0.05) is 20.3 Å². The molecule has 1 aromatic heterocycles. The Hall–Kier alpha value is -0.830. The highest BCUT2D eigenvalue weighted by molar-refractivity contribution is 5.00. The summed E-state index contributed by atoms with van der Waals surface area (Å²) in [7, 11) is 0. The molecule has 0 fully saturated rings. The number of rotatable bonds is 7. The third kappa shape index (κ3) is 5.67. The molecular formula is C15H28N2O. The summed E-state index contributed by atoms with van der Waals surface area (Å²) in [5, 5.41) is 3.47. The molecule has 0 aliphatic heterocycles. The predicted octanol–water partition coefficient (Wildman–Crippen LogP) is 3.90. The van der Waals surface area contributed by atoms with Crippen LogP contribution in [0.4, 0.5) is 0 Å². The van der Waals surface area contributed by atoms with Crippen LogP contribution in [0.25, 0.3) is 0 Å². The summed E-state index contributed by atoms with van der Waals surface area (Å²) in [6.45, 7) is 12.0. The maximum atomic E-state index is 5.79. The Morgan fingerprint density at radius 3 is 2.72 bits per heavy atom. The highest BCUT2D eigenvalue weighted by Crippen LogP contribution is 2.21. The summed E-state index contributed by atoms with van der Waals surface area (Å²) in [4.78, 5) is 4.36. The zero-order valence-electron chi connectivity index (χ0n) is 12.5. The molecule has 0 aliphatic carbocycles. The quantitative estimate of drug-likeness (QED) is 0.748. The van der Waals surface area contributed by atoms with Crippen molar-refractivity contribution in [3.8, 4) is 0 Å². The van der Waals surface area contributed by atoms with E-state index in [-0.39, 0.29) is 5.54 Å². The van der Waals surface area contributed by atoms with Gasteiger partial charge in [0.1, 0.15) is 5.76 Å². The van der Waals surface area contributed by atoms with E-state index in [0.717, 1.165) is 31.0 Å². The lowest BCUT2D eigenvalue weighted by atomic mass is 10.0. The Balaban J connectivity index is 2.31. The normalized spacial score (nSPS) is 13.8. The molecule has 1 N–H and O–H groups in total. The molecule has 1 unspecified atom stereocenters. The van der Waals surface area contributed by atoms with Gasteiger partial charge >= 0.3 is 0 Å². The van der Waals surface area contributed by atoms with Gasteiger partial charge in [-0.3, -0.25) is 0 Å². The molecule has 0 aromatic carbocycles. The fourth-order valence-corrected chi connectivity index (χ4v) is 1.95. The first kappa shape index (κ1) is 15.2. The highest BCUT2D eigenvalue weighted by atomic mass is 16.4. The predicted molar refractivity (Wildman–Crippen MR) is 75.9 cm³/mol.